The Hall–Kier alpha value is -3.73. The molecule has 0 atom stereocenters. The number of imidazole rings is 1. The van der Waals surface area contributed by atoms with Gasteiger partial charge in [0.2, 0.25) is 0 Å². The van der Waals surface area contributed by atoms with E-state index in [4.69, 9.17) is 4.74 Å². The number of carbonyl (C=O) groups excluding carboxylic acids is 1. The van der Waals surface area contributed by atoms with Crippen LogP contribution in [0.4, 0.5) is 13.2 Å². The maximum atomic E-state index is 13.6. The van der Waals surface area contributed by atoms with Gasteiger partial charge in [-0.05, 0) is 23.8 Å². The molecule has 0 radical (unpaired) electrons. The number of ether oxygens (including phenoxy) is 1. The summed E-state index contributed by atoms with van der Waals surface area (Å²) in [5, 5.41) is 8.05. The van der Waals surface area contributed by atoms with E-state index in [0.717, 1.165) is 38.8 Å². The molecule has 11 heteroatoms. The predicted octanol–water partition coefficient (Wildman–Crippen LogP) is 3.59. The standard InChI is InChI=1S/C22H18F3N5O3.C2H6/c1-28-13-26-27-19(28)7-21(11-33-12-21)15-3-2-4-16(6-15)29-9-18-17(22(23,24)25)5-14(10-31)8-30(18)20(29)32;1-2/h2-6,8-10,13H,7,11-12H2,1H3;1-2H3. The lowest BCUT2D eigenvalue weighted by atomic mass is 9.75. The first-order valence-corrected chi connectivity index (χ1v) is 11.0. The highest BCUT2D eigenvalue weighted by molar-refractivity contribution is 5.76. The van der Waals surface area contributed by atoms with Gasteiger partial charge in [0, 0.05) is 36.8 Å². The van der Waals surface area contributed by atoms with Crippen LogP contribution in [0.25, 0.3) is 11.2 Å². The Balaban J connectivity index is 0.00000141. The Morgan fingerprint density at radius 3 is 2.49 bits per heavy atom. The predicted molar refractivity (Wildman–Crippen MR) is 122 cm³/mol. The number of hydrogen-bond acceptors (Lipinski definition) is 5. The zero-order chi connectivity index (χ0) is 25.4. The van der Waals surface area contributed by atoms with Gasteiger partial charge in [0.25, 0.3) is 0 Å². The lowest BCUT2D eigenvalue weighted by molar-refractivity contribution is -0.136. The molecule has 0 N–H and O–H groups in total. The van der Waals surface area contributed by atoms with Crippen molar-refractivity contribution in [3.05, 3.63) is 82.1 Å². The minimum Gasteiger partial charge on any atom is -0.379 e. The second-order valence-corrected chi connectivity index (χ2v) is 8.20. The number of nitrogens with zero attached hydrogens (tertiary/aromatic N) is 5. The zero-order valence-electron chi connectivity index (χ0n) is 19.4. The number of pyridine rings is 1. The average molecular weight is 487 g/mol. The summed E-state index contributed by atoms with van der Waals surface area (Å²) in [4.78, 5) is 24.2. The van der Waals surface area contributed by atoms with Crippen molar-refractivity contribution in [3.63, 3.8) is 0 Å². The molecule has 184 valence electrons. The van der Waals surface area contributed by atoms with Crippen molar-refractivity contribution in [2.75, 3.05) is 13.2 Å². The van der Waals surface area contributed by atoms with Gasteiger partial charge >= 0.3 is 11.9 Å². The quantitative estimate of drug-likeness (QED) is 0.402. The number of rotatable bonds is 5. The second-order valence-electron chi connectivity index (χ2n) is 8.20. The Morgan fingerprint density at radius 1 is 1.17 bits per heavy atom. The van der Waals surface area contributed by atoms with Crippen molar-refractivity contribution in [1.29, 1.82) is 0 Å². The third-order valence-corrected chi connectivity index (χ3v) is 6.02. The maximum absolute atomic E-state index is 13.6. The van der Waals surface area contributed by atoms with Crippen LogP contribution in [0, 0.1) is 0 Å². The van der Waals surface area contributed by atoms with Crippen LogP contribution in [0.3, 0.4) is 0 Å². The van der Waals surface area contributed by atoms with E-state index in [1.807, 2.05) is 31.5 Å². The largest absolute Gasteiger partial charge is 0.418 e. The van der Waals surface area contributed by atoms with E-state index in [-0.39, 0.29) is 22.8 Å². The van der Waals surface area contributed by atoms with Gasteiger partial charge < -0.3 is 9.30 Å². The number of fused-ring (bicyclic) bond motifs is 1. The van der Waals surface area contributed by atoms with E-state index in [0.29, 0.717) is 25.3 Å². The number of benzene rings is 1. The summed E-state index contributed by atoms with van der Waals surface area (Å²) in [7, 11) is 1.84. The van der Waals surface area contributed by atoms with Gasteiger partial charge in [0.05, 0.1) is 30.0 Å². The van der Waals surface area contributed by atoms with Crippen molar-refractivity contribution in [2.45, 2.75) is 31.9 Å². The molecule has 0 saturated carbocycles. The van der Waals surface area contributed by atoms with Crippen LogP contribution in [0.1, 0.15) is 41.2 Å². The molecule has 0 aliphatic carbocycles. The molecule has 1 aromatic carbocycles. The third kappa shape index (κ3) is 4.27. The molecule has 3 aromatic heterocycles. The van der Waals surface area contributed by atoms with Crippen molar-refractivity contribution >= 4 is 11.8 Å². The number of aldehydes is 1. The molecule has 0 amide bonds. The first-order valence-electron chi connectivity index (χ1n) is 11.0. The summed E-state index contributed by atoms with van der Waals surface area (Å²) in [6, 6.07) is 7.80. The van der Waals surface area contributed by atoms with Crippen LogP contribution in [-0.4, -0.2) is 43.2 Å². The van der Waals surface area contributed by atoms with Crippen LogP contribution >= 0.6 is 0 Å². The summed E-state index contributed by atoms with van der Waals surface area (Å²) in [5.74, 6) is 0.770. The minimum atomic E-state index is -4.73. The molecule has 35 heavy (non-hydrogen) atoms. The molecule has 0 bridgehead atoms. The number of alkyl halides is 3. The van der Waals surface area contributed by atoms with E-state index in [9.17, 15) is 22.8 Å². The average Bonchev–Trinajstić information content (AvgIpc) is 3.38. The molecule has 1 fully saturated rings. The van der Waals surface area contributed by atoms with Crippen LogP contribution in [0.15, 0.2) is 53.8 Å². The monoisotopic (exact) mass is 487 g/mol. The smallest absolute Gasteiger partial charge is 0.379 e. The fourth-order valence-electron chi connectivity index (χ4n) is 4.16. The minimum absolute atomic E-state index is 0.238. The number of hydrogen-bond donors (Lipinski definition) is 0. The molecule has 1 aliphatic rings. The Kier molecular flexibility index (Phi) is 6.37. The van der Waals surface area contributed by atoms with Gasteiger partial charge in [-0.3, -0.25) is 13.8 Å². The van der Waals surface area contributed by atoms with Crippen LogP contribution in [0.5, 0.6) is 0 Å². The zero-order valence-corrected chi connectivity index (χ0v) is 19.4. The lowest BCUT2D eigenvalue weighted by Gasteiger charge is -2.41. The number of halogens is 3. The van der Waals surface area contributed by atoms with Crippen molar-refractivity contribution < 1.29 is 22.7 Å². The lowest BCUT2D eigenvalue weighted by Crippen LogP contribution is -2.49. The van der Waals surface area contributed by atoms with E-state index < -0.39 is 17.4 Å². The normalized spacial score (nSPS) is 14.8. The first-order chi connectivity index (χ1) is 16.7. The van der Waals surface area contributed by atoms with Crippen LogP contribution in [-0.2, 0) is 29.8 Å². The molecular formula is C24H24F3N5O3. The Labute approximate surface area is 198 Å². The molecule has 0 spiro atoms. The molecule has 4 aromatic rings. The molecule has 4 heterocycles. The van der Waals surface area contributed by atoms with Gasteiger partial charge in [-0.15, -0.1) is 10.2 Å². The van der Waals surface area contributed by atoms with E-state index >= 15 is 0 Å². The molecular weight excluding hydrogens is 463 g/mol. The number of carbonyl (C=O) groups is 1. The van der Waals surface area contributed by atoms with Gasteiger partial charge in [-0.2, -0.15) is 13.2 Å². The SMILES string of the molecule is CC.Cn1cnnc1CC1(c2cccc(-n3cc4c(C(F)(F)F)cc(C=O)cn4c3=O)c2)COC1. The summed E-state index contributed by atoms with van der Waals surface area (Å²) >= 11 is 0. The van der Waals surface area contributed by atoms with E-state index in [1.54, 1.807) is 24.5 Å². The molecule has 0 unspecified atom stereocenters. The fraction of sp³-hybridized carbons (Fsp3) is 0.333. The summed E-state index contributed by atoms with van der Waals surface area (Å²) in [5.41, 5.74) is -1.43. The second kappa shape index (κ2) is 9.14. The van der Waals surface area contributed by atoms with E-state index in [2.05, 4.69) is 10.2 Å². The molecule has 1 aliphatic heterocycles. The molecule has 5 rings (SSSR count). The summed E-state index contributed by atoms with van der Waals surface area (Å²) in [6.07, 6.45) is -0.0290. The highest BCUT2D eigenvalue weighted by atomic mass is 19.4. The Bertz CT molecular complexity index is 1430. The third-order valence-electron chi connectivity index (χ3n) is 6.02. The topological polar surface area (TPSA) is 83.4 Å². The van der Waals surface area contributed by atoms with Gasteiger partial charge in [0.15, 0.2) is 6.29 Å². The van der Waals surface area contributed by atoms with E-state index in [1.165, 1.54) is 0 Å². The van der Waals surface area contributed by atoms with Crippen molar-refractivity contribution in [2.24, 2.45) is 7.05 Å². The highest BCUT2D eigenvalue weighted by Gasteiger charge is 2.42. The molecule has 1 saturated heterocycles. The number of aromatic nitrogens is 5. The summed E-state index contributed by atoms with van der Waals surface area (Å²) in [6.45, 7) is 4.88. The fourth-order valence-corrected chi connectivity index (χ4v) is 4.16. The number of aryl methyl sites for hydroxylation is 1. The highest BCUT2D eigenvalue weighted by Crippen LogP contribution is 2.37. The Morgan fingerprint density at radius 2 is 1.91 bits per heavy atom. The van der Waals surface area contributed by atoms with Crippen molar-refractivity contribution in [1.82, 2.24) is 23.7 Å². The van der Waals surface area contributed by atoms with Gasteiger partial charge in [-0.1, -0.05) is 26.0 Å². The van der Waals surface area contributed by atoms with Crippen LogP contribution in [0.2, 0.25) is 0 Å². The summed E-state index contributed by atoms with van der Waals surface area (Å²) < 4.78 is 50.1. The first kappa shape index (κ1) is 24.4. The molecule has 8 nitrogen and oxygen atoms in total. The van der Waals surface area contributed by atoms with Crippen LogP contribution < -0.4 is 5.69 Å². The van der Waals surface area contributed by atoms with Gasteiger partial charge in [0.1, 0.15) is 12.2 Å². The van der Waals surface area contributed by atoms with Crippen molar-refractivity contribution in [3.8, 4) is 5.69 Å². The maximum Gasteiger partial charge on any atom is 0.418 e. The van der Waals surface area contributed by atoms with Gasteiger partial charge in [-0.25, -0.2) is 4.79 Å².